The summed E-state index contributed by atoms with van der Waals surface area (Å²) < 4.78 is 40.3. The summed E-state index contributed by atoms with van der Waals surface area (Å²) in [6.45, 7) is 2.50. The molecule has 7 nitrogen and oxygen atoms in total. The Hall–Kier alpha value is -3.53. The Kier molecular flexibility index (Phi) is 7.53. The zero-order valence-corrected chi connectivity index (χ0v) is 21.2. The Morgan fingerprint density at radius 2 is 1.81 bits per heavy atom. The number of nitrogens with zero attached hydrogens (tertiary/aromatic N) is 2. The van der Waals surface area contributed by atoms with Gasteiger partial charge in [0.2, 0.25) is 10.0 Å². The van der Waals surface area contributed by atoms with Crippen molar-refractivity contribution >= 4 is 32.3 Å². The van der Waals surface area contributed by atoms with E-state index in [4.69, 9.17) is 4.99 Å². The monoisotopic (exact) mass is 508 g/mol. The largest absolute Gasteiger partial charge is 0.494 e. The molecule has 0 amide bonds. The number of nitrogens with one attached hydrogen (secondary N) is 2. The second-order valence-electron chi connectivity index (χ2n) is 8.83. The molecule has 0 unspecified atom stereocenters. The van der Waals surface area contributed by atoms with Crippen molar-refractivity contribution in [3.63, 3.8) is 0 Å². The van der Waals surface area contributed by atoms with Crippen molar-refractivity contribution in [2.24, 2.45) is 4.99 Å². The number of H-pyrrole nitrogens is 1. The van der Waals surface area contributed by atoms with Gasteiger partial charge < -0.3 is 15.0 Å². The second-order valence-corrected chi connectivity index (χ2v) is 10.9. The van der Waals surface area contributed by atoms with Crippen LogP contribution in [-0.2, 0) is 23.1 Å². The zero-order chi connectivity index (χ0) is 25.9. The van der Waals surface area contributed by atoms with E-state index in [-0.39, 0.29) is 18.2 Å². The minimum absolute atomic E-state index is 0.0109. The van der Waals surface area contributed by atoms with E-state index in [0.717, 1.165) is 17.7 Å². The molecule has 9 heteroatoms. The quantitative estimate of drug-likeness (QED) is 0.286. The maximum absolute atomic E-state index is 13.8. The van der Waals surface area contributed by atoms with Crippen molar-refractivity contribution in [3.05, 3.63) is 94.8 Å². The van der Waals surface area contributed by atoms with Crippen LogP contribution >= 0.6 is 0 Å². The third kappa shape index (κ3) is 5.99. The highest BCUT2D eigenvalue weighted by Crippen LogP contribution is 2.32. The van der Waals surface area contributed by atoms with Crippen molar-refractivity contribution in [3.8, 4) is 5.88 Å². The molecule has 0 spiro atoms. The van der Waals surface area contributed by atoms with Crippen LogP contribution in [0.15, 0.2) is 71.7 Å². The Balaban J connectivity index is 1.82. The third-order valence-corrected chi connectivity index (χ3v) is 7.07. The highest BCUT2D eigenvalue weighted by Gasteiger charge is 2.19. The number of benzene rings is 3. The summed E-state index contributed by atoms with van der Waals surface area (Å²) in [5.74, 6) is -0.561. The van der Waals surface area contributed by atoms with Gasteiger partial charge in [0.15, 0.2) is 5.88 Å². The van der Waals surface area contributed by atoms with Crippen LogP contribution in [0.1, 0.15) is 29.2 Å². The van der Waals surface area contributed by atoms with E-state index in [1.165, 1.54) is 12.1 Å². The Morgan fingerprint density at radius 3 is 2.50 bits per heavy atom. The van der Waals surface area contributed by atoms with Crippen molar-refractivity contribution in [2.75, 3.05) is 19.8 Å². The molecule has 0 saturated carbocycles. The van der Waals surface area contributed by atoms with Gasteiger partial charge in [0.05, 0.1) is 28.2 Å². The lowest BCUT2D eigenvalue weighted by Crippen LogP contribution is -2.24. The van der Waals surface area contributed by atoms with Crippen LogP contribution in [0.5, 0.6) is 5.88 Å². The van der Waals surface area contributed by atoms with Crippen LogP contribution in [-0.4, -0.2) is 49.0 Å². The molecule has 3 N–H and O–H groups in total. The molecule has 0 atom stereocenters. The normalized spacial score (nSPS) is 12.5. The lowest BCUT2D eigenvalue weighted by Gasteiger charge is -2.12. The molecule has 0 radical (unpaired) electrons. The molecule has 188 valence electrons. The number of aliphatic imine (C=N–C) groups is 1. The average molecular weight is 509 g/mol. The van der Waals surface area contributed by atoms with Crippen LogP contribution in [0.3, 0.4) is 0 Å². The molecular formula is C27H29FN4O3S. The van der Waals surface area contributed by atoms with Crippen molar-refractivity contribution < 1.29 is 17.9 Å². The van der Waals surface area contributed by atoms with Crippen LogP contribution < -0.4 is 4.72 Å². The molecule has 0 saturated heterocycles. The topological polar surface area (TPSA) is 97.8 Å². The second kappa shape index (κ2) is 10.6. The Bertz CT molecular complexity index is 1510. The van der Waals surface area contributed by atoms with E-state index >= 15 is 0 Å². The number of fused-ring (bicyclic) bond motifs is 1. The summed E-state index contributed by atoms with van der Waals surface area (Å²) in [5.41, 5.74) is 4.60. The first kappa shape index (κ1) is 25.6. The molecule has 0 aliphatic rings. The smallest absolute Gasteiger partial charge is 0.211 e. The number of aromatic hydroxyl groups is 1. The van der Waals surface area contributed by atoms with E-state index in [1.54, 1.807) is 13.0 Å². The molecule has 0 bridgehead atoms. The lowest BCUT2D eigenvalue weighted by molar-refractivity contribution is 0.402. The molecule has 1 heterocycles. The summed E-state index contributed by atoms with van der Waals surface area (Å²) in [5, 5.41) is 11.5. The SMILES string of the molecule is CCS(=O)(=O)NCc1cccc(C(=Nc2ccc(CN(C)C)cc2)c2c(O)[nH]c3cc(F)ccc23)c1. The van der Waals surface area contributed by atoms with Gasteiger partial charge in [-0.2, -0.15) is 0 Å². The van der Waals surface area contributed by atoms with Crippen LogP contribution in [0, 0.1) is 5.82 Å². The number of rotatable bonds is 9. The molecule has 3 aromatic carbocycles. The van der Waals surface area contributed by atoms with Gasteiger partial charge in [0, 0.05) is 24.0 Å². The molecule has 4 rings (SSSR count). The number of hydrogen-bond acceptors (Lipinski definition) is 5. The highest BCUT2D eigenvalue weighted by molar-refractivity contribution is 7.89. The summed E-state index contributed by atoms with van der Waals surface area (Å²) in [6.07, 6.45) is 0. The molecule has 4 aromatic rings. The summed E-state index contributed by atoms with van der Waals surface area (Å²) in [7, 11) is 0.642. The van der Waals surface area contributed by atoms with Gasteiger partial charge in [0.25, 0.3) is 0 Å². The number of halogens is 1. The van der Waals surface area contributed by atoms with Gasteiger partial charge in [0.1, 0.15) is 5.82 Å². The highest BCUT2D eigenvalue weighted by atomic mass is 32.2. The van der Waals surface area contributed by atoms with Crippen molar-refractivity contribution in [1.82, 2.24) is 14.6 Å². The molecule has 1 aromatic heterocycles. The molecule has 0 aliphatic carbocycles. The van der Waals surface area contributed by atoms with Crippen LogP contribution in [0.2, 0.25) is 0 Å². The Labute approximate surface area is 210 Å². The van der Waals surface area contributed by atoms with Crippen molar-refractivity contribution in [1.29, 1.82) is 0 Å². The predicted molar refractivity (Wildman–Crippen MR) is 142 cm³/mol. The molecular weight excluding hydrogens is 479 g/mol. The van der Waals surface area contributed by atoms with Gasteiger partial charge in [-0.3, -0.25) is 0 Å². The molecule has 0 fully saturated rings. The Morgan fingerprint density at radius 1 is 1.06 bits per heavy atom. The zero-order valence-electron chi connectivity index (χ0n) is 20.4. The fourth-order valence-corrected chi connectivity index (χ4v) is 4.54. The first-order valence-corrected chi connectivity index (χ1v) is 13.2. The number of hydrogen-bond donors (Lipinski definition) is 3. The molecule has 36 heavy (non-hydrogen) atoms. The first-order valence-electron chi connectivity index (χ1n) is 11.5. The molecule has 0 aliphatic heterocycles. The standard InChI is InChI=1S/C27H29FN4O3S/c1-4-36(34,35)29-16-19-6-5-7-20(14-19)26(30-22-11-8-18(9-12-22)17-32(2)3)25-23-13-10-21(28)15-24(23)31-27(25)33/h5-15,29,31,33H,4,16-17H2,1-3H3. The number of sulfonamides is 1. The maximum Gasteiger partial charge on any atom is 0.211 e. The average Bonchev–Trinajstić information content (AvgIpc) is 3.16. The van der Waals surface area contributed by atoms with Crippen LogP contribution in [0.25, 0.3) is 10.9 Å². The predicted octanol–water partition coefficient (Wildman–Crippen LogP) is 4.68. The minimum atomic E-state index is -3.36. The first-order chi connectivity index (χ1) is 17.1. The fourth-order valence-electron chi connectivity index (χ4n) is 3.95. The summed E-state index contributed by atoms with van der Waals surface area (Å²) in [4.78, 5) is 9.80. The van der Waals surface area contributed by atoms with Crippen molar-refractivity contribution in [2.45, 2.75) is 20.0 Å². The van der Waals surface area contributed by atoms with Gasteiger partial charge in [-0.05, 0) is 68.5 Å². The maximum atomic E-state index is 13.8. The van der Waals surface area contributed by atoms with E-state index in [0.29, 0.717) is 33.4 Å². The third-order valence-electron chi connectivity index (χ3n) is 5.73. The van der Waals surface area contributed by atoms with E-state index in [2.05, 4.69) is 14.6 Å². The lowest BCUT2D eigenvalue weighted by atomic mass is 9.99. The van der Waals surface area contributed by atoms with Gasteiger partial charge in [-0.15, -0.1) is 0 Å². The fraction of sp³-hybridized carbons (Fsp3) is 0.222. The van der Waals surface area contributed by atoms with E-state index in [1.807, 2.05) is 62.6 Å². The van der Waals surface area contributed by atoms with Crippen LogP contribution in [0.4, 0.5) is 10.1 Å². The number of aromatic nitrogens is 1. The van der Waals surface area contributed by atoms with Gasteiger partial charge in [-0.25, -0.2) is 22.5 Å². The van der Waals surface area contributed by atoms with Gasteiger partial charge in [-0.1, -0.05) is 30.3 Å². The van der Waals surface area contributed by atoms with E-state index in [9.17, 15) is 17.9 Å². The number of aromatic amines is 1. The summed E-state index contributed by atoms with van der Waals surface area (Å²) >= 11 is 0. The van der Waals surface area contributed by atoms with Gasteiger partial charge >= 0.3 is 0 Å². The minimum Gasteiger partial charge on any atom is -0.494 e. The van der Waals surface area contributed by atoms with E-state index < -0.39 is 15.8 Å². The summed E-state index contributed by atoms with van der Waals surface area (Å²) in [6, 6.07) is 19.4.